The number of aliphatic hydroxyl groups is 1. The number of aromatic nitrogens is 1. The van der Waals surface area contributed by atoms with Gasteiger partial charge in [0.2, 0.25) is 0 Å². The predicted molar refractivity (Wildman–Crippen MR) is 96.4 cm³/mol. The molecule has 6 nitrogen and oxygen atoms in total. The van der Waals surface area contributed by atoms with Crippen LogP contribution < -0.4 is 0 Å². The average Bonchev–Trinajstić information content (AvgIpc) is 3.16. The van der Waals surface area contributed by atoms with Gasteiger partial charge in [0.15, 0.2) is 5.78 Å². The lowest BCUT2D eigenvalue weighted by atomic mass is 9.93. The van der Waals surface area contributed by atoms with Gasteiger partial charge in [-0.25, -0.2) is 4.98 Å². The summed E-state index contributed by atoms with van der Waals surface area (Å²) in [6.07, 6.45) is -2.24. The molecule has 0 amide bonds. The quantitative estimate of drug-likeness (QED) is 0.541. The number of alkyl halides is 3. The molecule has 0 saturated heterocycles. The van der Waals surface area contributed by atoms with Gasteiger partial charge in [-0.2, -0.15) is 13.2 Å². The molecule has 160 valence electrons. The number of carbonyl (C=O) groups excluding carboxylic acids is 1. The number of pyridine rings is 1. The van der Waals surface area contributed by atoms with Crippen LogP contribution in [0.2, 0.25) is 0 Å². The van der Waals surface area contributed by atoms with Gasteiger partial charge in [-0.1, -0.05) is 0 Å². The molecule has 0 radical (unpaired) electrons. The van der Waals surface area contributed by atoms with Crippen LogP contribution in [0.4, 0.5) is 13.2 Å². The van der Waals surface area contributed by atoms with Crippen molar-refractivity contribution in [1.29, 1.82) is 0 Å². The van der Waals surface area contributed by atoms with Crippen LogP contribution in [0.1, 0.15) is 41.0 Å². The largest absolute Gasteiger partial charge is 0.512 e. The first-order chi connectivity index (χ1) is 13.8. The number of hydrogen-bond acceptors (Lipinski definition) is 6. The Morgan fingerprint density at radius 2 is 2.10 bits per heavy atom. The minimum atomic E-state index is -4.65. The van der Waals surface area contributed by atoms with Crippen molar-refractivity contribution in [3.63, 3.8) is 0 Å². The topological polar surface area (TPSA) is 77.9 Å². The summed E-state index contributed by atoms with van der Waals surface area (Å²) in [6.45, 7) is 0.531. The molecule has 1 aliphatic carbocycles. The highest BCUT2D eigenvalue weighted by Gasteiger charge is 2.36. The Kier molecular flexibility index (Phi) is 6.92. The molecule has 3 rings (SSSR count). The van der Waals surface area contributed by atoms with Gasteiger partial charge in [0.1, 0.15) is 11.5 Å². The minimum Gasteiger partial charge on any atom is -0.512 e. The van der Waals surface area contributed by atoms with Crippen molar-refractivity contribution in [3.05, 3.63) is 40.4 Å². The Balaban J connectivity index is 1.92. The van der Waals surface area contributed by atoms with Crippen LogP contribution in [0.5, 0.6) is 0 Å². The fourth-order valence-corrected chi connectivity index (χ4v) is 3.75. The third-order valence-electron chi connectivity index (χ3n) is 5.29. The van der Waals surface area contributed by atoms with Crippen LogP contribution in [0.25, 0.3) is 0 Å². The Hall–Kier alpha value is -1.97. The molecule has 29 heavy (non-hydrogen) atoms. The lowest BCUT2D eigenvalue weighted by molar-refractivity contribution is -0.141. The lowest BCUT2D eigenvalue weighted by Gasteiger charge is -2.20. The minimum absolute atomic E-state index is 0.0247. The molecule has 9 heteroatoms. The molecule has 2 heterocycles. The number of aliphatic hydroxyl groups excluding tert-OH is 1. The number of allylic oxidation sites excluding steroid dienone is 1. The van der Waals surface area contributed by atoms with Crippen molar-refractivity contribution < 1.29 is 37.3 Å². The van der Waals surface area contributed by atoms with Crippen LogP contribution in [0.15, 0.2) is 23.5 Å². The molecular formula is C20H24F3NO5. The maximum Gasteiger partial charge on any atom is 0.433 e. The van der Waals surface area contributed by atoms with Crippen molar-refractivity contribution in [3.8, 4) is 0 Å². The van der Waals surface area contributed by atoms with Gasteiger partial charge in [-0.15, -0.1) is 0 Å². The van der Waals surface area contributed by atoms with E-state index in [0.29, 0.717) is 12.5 Å². The molecule has 1 saturated carbocycles. The van der Waals surface area contributed by atoms with E-state index in [2.05, 4.69) is 4.98 Å². The second-order valence-corrected chi connectivity index (χ2v) is 7.32. The van der Waals surface area contributed by atoms with Gasteiger partial charge in [0.05, 0.1) is 37.7 Å². The van der Waals surface area contributed by atoms with Crippen molar-refractivity contribution in [2.75, 3.05) is 33.5 Å². The molecule has 1 unspecified atom stereocenters. The summed E-state index contributed by atoms with van der Waals surface area (Å²) < 4.78 is 55.0. The molecule has 2 aliphatic rings. The van der Waals surface area contributed by atoms with Crippen LogP contribution in [-0.4, -0.2) is 49.4 Å². The van der Waals surface area contributed by atoms with E-state index in [0.717, 1.165) is 31.4 Å². The van der Waals surface area contributed by atoms with E-state index in [-0.39, 0.29) is 54.9 Å². The van der Waals surface area contributed by atoms with E-state index in [4.69, 9.17) is 14.2 Å². The van der Waals surface area contributed by atoms with E-state index >= 15 is 0 Å². The van der Waals surface area contributed by atoms with Gasteiger partial charge in [-0.3, -0.25) is 4.79 Å². The summed E-state index contributed by atoms with van der Waals surface area (Å²) >= 11 is 0. The molecule has 1 aromatic rings. The molecule has 1 N–H and O–H groups in total. The molecule has 0 aromatic carbocycles. The fourth-order valence-electron chi connectivity index (χ4n) is 3.75. The number of Topliss-reactive ketones (excluding diaryl/α,β-unsaturated/α-hetero) is 1. The Bertz CT molecular complexity index is 778. The van der Waals surface area contributed by atoms with Crippen LogP contribution in [-0.2, 0) is 27.0 Å². The van der Waals surface area contributed by atoms with Gasteiger partial charge >= 0.3 is 6.18 Å². The molecule has 2 atom stereocenters. The predicted octanol–water partition coefficient (Wildman–Crippen LogP) is 3.70. The summed E-state index contributed by atoms with van der Waals surface area (Å²) in [5.41, 5.74) is -1.19. The van der Waals surface area contributed by atoms with Gasteiger partial charge in [-0.05, 0) is 37.3 Å². The van der Waals surface area contributed by atoms with E-state index < -0.39 is 17.7 Å². The summed E-state index contributed by atoms with van der Waals surface area (Å²) in [4.78, 5) is 16.7. The number of nitrogens with zero attached hydrogens (tertiary/aromatic N) is 1. The number of methoxy groups -OCH3 is 1. The Morgan fingerprint density at radius 3 is 2.83 bits per heavy atom. The molecule has 1 aliphatic heterocycles. The zero-order chi connectivity index (χ0) is 21.0. The van der Waals surface area contributed by atoms with Crippen LogP contribution in [0.3, 0.4) is 0 Å². The van der Waals surface area contributed by atoms with E-state index in [1.54, 1.807) is 0 Å². The van der Waals surface area contributed by atoms with Crippen molar-refractivity contribution in [2.24, 2.45) is 11.8 Å². The summed E-state index contributed by atoms with van der Waals surface area (Å²) in [5, 5.41) is 10.6. The first-order valence-electron chi connectivity index (χ1n) is 9.49. The monoisotopic (exact) mass is 415 g/mol. The number of fused-ring (bicyclic) bond motifs is 2. The number of halogens is 3. The first kappa shape index (κ1) is 21.7. The summed E-state index contributed by atoms with van der Waals surface area (Å²) in [7, 11) is 1.47. The van der Waals surface area contributed by atoms with Crippen molar-refractivity contribution >= 4 is 5.78 Å². The summed E-state index contributed by atoms with van der Waals surface area (Å²) in [5.74, 6) is -0.370. The standard InChI is InChI=1S/C20H24F3NO5/c1-27-6-7-28-11-16-14(4-5-17(24-16)20(21,22)23)19(26)15-10-29-9-12-2-3-13(8-12)18(15)25/h4-5,12-13,25H,2-3,6-11H2,1H3/b18-15-/t12?,13-/m0/s1. The Morgan fingerprint density at radius 1 is 1.31 bits per heavy atom. The number of carbonyl (C=O) groups is 1. The third-order valence-corrected chi connectivity index (χ3v) is 5.29. The molecule has 1 aromatic heterocycles. The number of ether oxygens (including phenoxy) is 3. The average molecular weight is 415 g/mol. The van der Waals surface area contributed by atoms with Crippen LogP contribution >= 0.6 is 0 Å². The number of rotatable bonds is 7. The highest BCUT2D eigenvalue weighted by molar-refractivity contribution is 6.10. The van der Waals surface area contributed by atoms with E-state index in [1.807, 2.05) is 0 Å². The van der Waals surface area contributed by atoms with Gasteiger partial charge < -0.3 is 19.3 Å². The van der Waals surface area contributed by atoms with E-state index in [9.17, 15) is 23.1 Å². The molecular weight excluding hydrogens is 391 g/mol. The van der Waals surface area contributed by atoms with Crippen molar-refractivity contribution in [2.45, 2.75) is 32.0 Å². The molecule has 1 fully saturated rings. The normalized spacial score (nSPS) is 25.0. The second kappa shape index (κ2) is 9.23. The molecule has 2 bridgehead atoms. The number of hydrogen-bond donors (Lipinski definition) is 1. The maximum atomic E-state index is 13.1. The Labute approximate surface area is 166 Å². The second-order valence-electron chi connectivity index (χ2n) is 7.32. The zero-order valence-electron chi connectivity index (χ0n) is 16.1. The third kappa shape index (κ3) is 5.15. The lowest BCUT2D eigenvalue weighted by Crippen LogP contribution is -2.22. The SMILES string of the molecule is COCCOCc1nc(C(F)(F)F)ccc1C(=O)/C1=C(\O)[C@H]2CCC(COC1)C2. The maximum absolute atomic E-state index is 13.1. The van der Waals surface area contributed by atoms with Gasteiger partial charge in [0.25, 0.3) is 0 Å². The highest BCUT2D eigenvalue weighted by Crippen LogP contribution is 2.38. The summed E-state index contributed by atoms with van der Waals surface area (Å²) in [6, 6.07) is 1.85. The molecule has 0 spiro atoms. The zero-order valence-corrected chi connectivity index (χ0v) is 16.1. The van der Waals surface area contributed by atoms with Crippen LogP contribution in [0, 0.1) is 11.8 Å². The van der Waals surface area contributed by atoms with E-state index in [1.165, 1.54) is 7.11 Å². The van der Waals surface area contributed by atoms with Gasteiger partial charge in [0, 0.05) is 25.2 Å². The highest BCUT2D eigenvalue weighted by atomic mass is 19.4. The first-order valence-corrected chi connectivity index (χ1v) is 9.49. The van der Waals surface area contributed by atoms with Crippen molar-refractivity contribution in [1.82, 2.24) is 4.98 Å². The number of ketones is 1. The smallest absolute Gasteiger partial charge is 0.433 e. The fraction of sp³-hybridized carbons (Fsp3) is 0.600.